The molecule has 0 amide bonds. The molecule has 0 saturated carbocycles. The molecule has 108 valence electrons. The molecule has 0 aliphatic carbocycles. The van der Waals surface area contributed by atoms with Gasteiger partial charge in [0.05, 0.1) is 4.90 Å². The summed E-state index contributed by atoms with van der Waals surface area (Å²) in [6.45, 7) is 2.11. The first-order valence-electron chi connectivity index (χ1n) is 6.43. The van der Waals surface area contributed by atoms with Gasteiger partial charge in [-0.25, -0.2) is 18.1 Å². The Hall–Kier alpha value is -2.18. The molecule has 2 aromatic carbocycles. The lowest BCUT2D eigenvalue weighted by molar-refractivity contribution is 0.580. The van der Waals surface area contributed by atoms with E-state index in [1.807, 2.05) is 13.0 Å². The van der Waals surface area contributed by atoms with Gasteiger partial charge in [-0.1, -0.05) is 23.8 Å². The van der Waals surface area contributed by atoms with Crippen LogP contribution in [0.2, 0.25) is 0 Å². The Morgan fingerprint density at radius 2 is 1.90 bits per heavy atom. The van der Waals surface area contributed by atoms with Gasteiger partial charge in [0.15, 0.2) is 12.0 Å². The highest BCUT2D eigenvalue weighted by atomic mass is 32.2. The van der Waals surface area contributed by atoms with Gasteiger partial charge in [0.25, 0.3) is 0 Å². The Bertz CT molecular complexity index is 867. The second-order valence-corrected chi connectivity index (χ2v) is 6.56. The largest absolute Gasteiger partial charge is 0.443 e. The summed E-state index contributed by atoms with van der Waals surface area (Å²) in [5.74, 6) is 0. The molecular weight excluding hydrogens is 288 g/mol. The second-order valence-electron chi connectivity index (χ2n) is 4.79. The molecule has 0 aliphatic rings. The summed E-state index contributed by atoms with van der Waals surface area (Å²) in [4.78, 5) is 4.28. The van der Waals surface area contributed by atoms with Crippen molar-refractivity contribution in [1.82, 2.24) is 9.71 Å². The lowest BCUT2D eigenvalue weighted by Crippen LogP contribution is -2.23. The van der Waals surface area contributed by atoms with E-state index in [1.54, 1.807) is 36.4 Å². The number of hydrogen-bond acceptors (Lipinski definition) is 4. The van der Waals surface area contributed by atoms with Crippen LogP contribution in [0, 0.1) is 6.92 Å². The monoisotopic (exact) mass is 302 g/mol. The van der Waals surface area contributed by atoms with Crippen molar-refractivity contribution in [3.63, 3.8) is 0 Å². The predicted octanol–water partition coefficient (Wildman–Crippen LogP) is 2.61. The van der Waals surface area contributed by atoms with Crippen molar-refractivity contribution in [2.45, 2.75) is 18.4 Å². The minimum absolute atomic E-state index is 0.201. The normalized spacial score (nSPS) is 11.9. The number of nitrogens with zero attached hydrogens (tertiary/aromatic N) is 1. The van der Waals surface area contributed by atoms with E-state index in [0.29, 0.717) is 5.58 Å². The first-order chi connectivity index (χ1) is 10.0. The molecule has 0 bridgehead atoms. The molecule has 6 heteroatoms. The topological polar surface area (TPSA) is 72.2 Å². The van der Waals surface area contributed by atoms with E-state index < -0.39 is 10.0 Å². The molecule has 0 unspecified atom stereocenters. The standard InChI is InChI=1S/C15H14N2O3S/c1-11-2-5-13(6-3-11)21(18,19)17-9-12-4-7-14-15(8-12)20-10-16-14/h2-8,10,17H,9H2,1H3. The number of aryl methyl sites for hydroxylation is 1. The molecule has 1 heterocycles. The number of fused-ring (bicyclic) bond motifs is 1. The molecular formula is C15H14N2O3S. The highest BCUT2D eigenvalue weighted by molar-refractivity contribution is 7.89. The fourth-order valence-electron chi connectivity index (χ4n) is 1.99. The smallest absolute Gasteiger partial charge is 0.240 e. The molecule has 0 saturated heterocycles. The first-order valence-corrected chi connectivity index (χ1v) is 7.91. The van der Waals surface area contributed by atoms with Crippen molar-refractivity contribution < 1.29 is 12.8 Å². The van der Waals surface area contributed by atoms with Gasteiger partial charge in [0.1, 0.15) is 5.52 Å². The Kier molecular flexibility index (Phi) is 3.48. The SMILES string of the molecule is Cc1ccc(S(=O)(=O)NCc2ccc3ncoc3c2)cc1. The summed E-state index contributed by atoms with van der Waals surface area (Å²) >= 11 is 0. The van der Waals surface area contributed by atoms with Gasteiger partial charge >= 0.3 is 0 Å². The number of benzene rings is 2. The van der Waals surface area contributed by atoms with Crippen LogP contribution in [0.5, 0.6) is 0 Å². The lowest BCUT2D eigenvalue weighted by Gasteiger charge is -2.07. The summed E-state index contributed by atoms with van der Waals surface area (Å²) in [5, 5.41) is 0. The lowest BCUT2D eigenvalue weighted by atomic mass is 10.2. The van der Waals surface area contributed by atoms with Crippen molar-refractivity contribution in [3.05, 3.63) is 60.0 Å². The van der Waals surface area contributed by atoms with Gasteiger partial charge in [-0.3, -0.25) is 0 Å². The van der Waals surface area contributed by atoms with Crippen LogP contribution in [0.3, 0.4) is 0 Å². The highest BCUT2D eigenvalue weighted by Crippen LogP contribution is 2.15. The zero-order chi connectivity index (χ0) is 14.9. The molecule has 0 fully saturated rings. The van der Waals surface area contributed by atoms with E-state index in [2.05, 4.69) is 9.71 Å². The third-order valence-corrected chi connectivity index (χ3v) is 4.61. The maximum Gasteiger partial charge on any atom is 0.240 e. The quantitative estimate of drug-likeness (QED) is 0.804. The number of nitrogens with one attached hydrogen (secondary N) is 1. The van der Waals surface area contributed by atoms with Gasteiger partial charge in [0.2, 0.25) is 10.0 Å². The van der Waals surface area contributed by atoms with Crippen LogP contribution in [0.25, 0.3) is 11.1 Å². The van der Waals surface area contributed by atoms with Crippen molar-refractivity contribution in [1.29, 1.82) is 0 Å². The average Bonchev–Trinajstić information content (AvgIpc) is 2.93. The maximum atomic E-state index is 12.2. The van der Waals surface area contributed by atoms with Gasteiger partial charge < -0.3 is 4.42 Å². The third kappa shape index (κ3) is 2.96. The van der Waals surface area contributed by atoms with E-state index >= 15 is 0 Å². The summed E-state index contributed by atoms with van der Waals surface area (Å²) < 4.78 is 32.1. The van der Waals surface area contributed by atoms with Crippen LogP contribution in [0.15, 0.2) is 58.2 Å². The molecule has 0 atom stereocenters. The van der Waals surface area contributed by atoms with E-state index in [0.717, 1.165) is 16.6 Å². The summed E-state index contributed by atoms with van der Waals surface area (Å²) in [6.07, 6.45) is 1.37. The van der Waals surface area contributed by atoms with Crippen LogP contribution < -0.4 is 4.72 Å². The maximum absolute atomic E-state index is 12.2. The molecule has 5 nitrogen and oxygen atoms in total. The van der Waals surface area contributed by atoms with Crippen molar-refractivity contribution in [2.24, 2.45) is 0 Å². The number of aromatic nitrogens is 1. The van der Waals surface area contributed by atoms with Crippen molar-refractivity contribution in [3.8, 4) is 0 Å². The van der Waals surface area contributed by atoms with Crippen molar-refractivity contribution >= 4 is 21.1 Å². The predicted molar refractivity (Wildman–Crippen MR) is 79.2 cm³/mol. The Morgan fingerprint density at radius 3 is 2.67 bits per heavy atom. The molecule has 1 aromatic heterocycles. The van der Waals surface area contributed by atoms with E-state index in [4.69, 9.17) is 4.42 Å². The Balaban J connectivity index is 1.78. The molecule has 3 rings (SSSR count). The number of hydrogen-bond donors (Lipinski definition) is 1. The van der Waals surface area contributed by atoms with Crippen LogP contribution >= 0.6 is 0 Å². The molecule has 3 aromatic rings. The summed E-state index contributed by atoms with van der Waals surface area (Å²) in [7, 11) is -3.51. The minimum Gasteiger partial charge on any atom is -0.443 e. The van der Waals surface area contributed by atoms with Crippen LogP contribution in [0.1, 0.15) is 11.1 Å². The summed E-state index contributed by atoms with van der Waals surface area (Å²) in [6, 6.07) is 12.1. The van der Waals surface area contributed by atoms with E-state index in [9.17, 15) is 8.42 Å². The Labute approximate surface area is 122 Å². The average molecular weight is 302 g/mol. The second kappa shape index (κ2) is 5.31. The number of rotatable bonds is 4. The Morgan fingerprint density at radius 1 is 1.14 bits per heavy atom. The van der Waals surface area contributed by atoms with Crippen molar-refractivity contribution in [2.75, 3.05) is 0 Å². The van der Waals surface area contributed by atoms with E-state index in [-0.39, 0.29) is 11.4 Å². The van der Waals surface area contributed by atoms with Gasteiger partial charge in [-0.05, 0) is 36.8 Å². The first kappa shape index (κ1) is 13.8. The molecule has 0 spiro atoms. The fraction of sp³-hybridized carbons (Fsp3) is 0.133. The van der Waals surface area contributed by atoms with Gasteiger partial charge in [-0.15, -0.1) is 0 Å². The number of sulfonamides is 1. The van der Waals surface area contributed by atoms with E-state index in [1.165, 1.54) is 6.39 Å². The number of oxazole rings is 1. The zero-order valence-electron chi connectivity index (χ0n) is 11.4. The third-order valence-electron chi connectivity index (χ3n) is 3.19. The fourth-order valence-corrected chi connectivity index (χ4v) is 3.01. The van der Waals surface area contributed by atoms with Crippen LogP contribution in [-0.4, -0.2) is 13.4 Å². The summed E-state index contributed by atoms with van der Waals surface area (Å²) in [5.41, 5.74) is 3.22. The van der Waals surface area contributed by atoms with Gasteiger partial charge in [0, 0.05) is 6.54 Å². The molecule has 0 radical (unpaired) electrons. The highest BCUT2D eigenvalue weighted by Gasteiger charge is 2.13. The van der Waals surface area contributed by atoms with Crippen LogP contribution in [-0.2, 0) is 16.6 Å². The minimum atomic E-state index is -3.51. The zero-order valence-corrected chi connectivity index (χ0v) is 12.2. The molecule has 0 aliphatic heterocycles. The van der Waals surface area contributed by atoms with Gasteiger partial charge in [-0.2, -0.15) is 0 Å². The molecule has 1 N–H and O–H groups in total. The molecule has 21 heavy (non-hydrogen) atoms. The van der Waals surface area contributed by atoms with Crippen LogP contribution in [0.4, 0.5) is 0 Å².